The number of thiazole rings is 1. The summed E-state index contributed by atoms with van der Waals surface area (Å²) < 4.78 is 2.57. The predicted octanol–water partition coefficient (Wildman–Crippen LogP) is 3.18. The van der Waals surface area contributed by atoms with Gasteiger partial charge in [0.1, 0.15) is 0 Å². The largest absolute Gasteiger partial charge is 0.293 e. The summed E-state index contributed by atoms with van der Waals surface area (Å²) in [5, 5.41) is 12.6. The number of H-pyrrole nitrogens is 1. The minimum absolute atomic E-state index is 0.0854. The Balaban J connectivity index is 2.10. The van der Waals surface area contributed by atoms with Crippen LogP contribution in [0, 0.1) is 11.3 Å². The number of aryl methyl sites for hydroxylation is 1. The van der Waals surface area contributed by atoms with Crippen molar-refractivity contribution < 1.29 is 0 Å². The molecule has 0 unspecified atom stereocenters. The fraction of sp³-hybridized carbons (Fsp3) is 0.312. The van der Waals surface area contributed by atoms with E-state index in [0.717, 1.165) is 28.8 Å². The fourth-order valence-corrected chi connectivity index (χ4v) is 3.43. The van der Waals surface area contributed by atoms with E-state index < -0.39 is 0 Å². The minimum atomic E-state index is -0.0854. The third-order valence-corrected chi connectivity index (χ3v) is 4.55. The van der Waals surface area contributed by atoms with Gasteiger partial charge in [0.05, 0.1) is 16.3 Å². The molecule has 0 saturated heterocycles. The van der Waals surface area contributed by atoms with E-state index in [1.807, 2.05) is 24.3 Å². The molecule has 0 atom stereocenters. The van der Waals surface area contributed by atoms with Gasteiger partial charge in [-0.2, -0.15) is 9.94 Å². The molecular formula is C16H16N4OS. The van der Waals surface area contributed by atoms with E-state index in [9.17, 15) is 4.79 Å². The highest BCUT2D eigenvalue weighted by Crippen LogP contribution is 2.23. The summed E-state index contributed by atoms with van der Waals surface area (Å²) >= 11 is 1.48. The molecule has 6 heteroatoms. The van der Waals surface area contributed by atoms with Gasteiger partial charge in [-0.1, -0.05) is 36.8 Å². The SMILES string of the molecule is CCCc1[nH]n(-c2nc3ccccc3s2)c(=O)c1CCC#N. The molecule has 0 radical (unpaired) electrons. The summed E-state index contributed by atoms with van der Waals surface area (Å²) in [6, 6.07) is 9.94. The van der Waals surface area contributed by atoms with Crippen LogP contribution in [0.1, 0.15) is 31.0 Å². The Labute approximate surface area is 131 Å². The zero-order chi connectivity index (χ0) is 15.5. The van der Waals surface area contributed by atoms with Crippen molar-refractivity contribution in [1.82, 2.24) is 14.8 Å². The van der Waals surface area contributed by atoms with Crippen LogP contribution in [0.5, 0.6) is 0 Å². The molecule has 2 aromatic heterocycles. The van der Waals surface area contributed by atoms with Crippen molar-refractivity contribution in [2.45, 2.75) is 32.6 Å². The van der Waals surface area contributed by atoms with Crippen LogP contribution in [-0.2, 0) is 12.8 Å². The van der Waals surface area contributed by atoms with Gasteiger partial charge in [0.2, 0.25) is 5.13 Å². The highest BCUT2D eigenvalue weighted by Gasteiger charge is 2.16. The maximum atomic E-state index is 12.6. The molecule has 0 saturated carbocycles. The summed E-state index contributed by atoms with van der Waals surface area (Å²) in [5.41, 5.74) is 2.43. The molecule has 5 nitrogen and oxygen atoms in total. The second-order valence-corrected chi connectivity index (χ2v) is 6.09. The number of benzene rings is 1. The van der Waals surface area contributed by atoms with E-state index >= 15 is 0 Å². The van der Waals surface area contributed by atoms with Crippen LogP contribution in [0.2, 0.25) is 0 Å². The molecule has 0 bridgehead atoms. The Morgan fingerprint density at radius 1 is 1.36 bits per heavy atom. The molecule has 0 spiro atoms. The molecule has 22 heavy (non-hydrogen) atoms. The van der Waals surface area contributed by atoms with Gasteiger partial charge < -0.3 is 0 Å². The van der Waals surface area contributed by atoms with Crippen LogP contribution in [0.15, 0.2) is 29.1 Å². The van der Waals surface area contributed by atoms with E-state index in [1.54, 1.807) is 0 Å². The standard InChI is InChI=1S/C16H16N4OS/c1-2-6-12-11(7-5-10-17)15(21)20(19-12)16-18-13-8-3-4-9-14(13)22-16/h3-4,8-9,19H,2,5-7H2,1H3. The maximum absolute atomic E-state index is 12.6. The third kappa shape index (κ3) is 2.55. The zero-order valence-electron chi connectivity index (χ0n) is 12.3. The van der Waals surface area contributed by atoms with Gasteiger partial charge in [0.15, 0.2) is 0 Å². The number of hydrogen-bond acceptors (Lipinski definition) is 4. The van der Waals surface area contributed by atoms with Crippen molar-refractivity contribution in [2.24, 2.45) is 0 Å². The number of nitrogens with zero attached hydrogens (tertiary/aromatic N) is 3. The lowest BCUT2D eigenvalue weighted by Crippen LogP contribution is -2.17. The lowest BCUT2D eigenvalue weighted by Gasteiger charge is -1.97. The number of rotatable bonds is 5. The van der Waals surface area contributed by atoms with Gasteiger partial charge >= 0.3 is 0 Å². The lowest BCUT2D eigenvalue weighted by molar-refractivity contribution is 0.789. The molecule has 1 aromatic carbocycles. The molecule has 2 heterocycles. The molecule has 3 aromatic rings. The van der Waals surface area contributed by atoms with Crippen molar-refractivity contribution in [3.63, 3.8) is 0 Å². The number of aromatic amines is 1. The smallest absolute Gasteiger partial charge is 0.276 e. The Bertz CT molecular complexity index is 864. The van der Waals surface area contributed by atoms with Crippen LogP contribution in [0.4, 0.5) is 0 Å². The van der Waals surface area contributed by atoms with Crippen molar-refractivity contribution in [2.75, 3.05) is 0 Å². The number of para-hydroxylation sites is 1. The first-order valence-corrected chi connectivity index (χ1v) is 8.12. The lowest BCUT2D eigenvalue weighted by atomic mass is 10.1. The van der Waals surface area contributed by atoms with Gasteiger partial charge in [-0.15, -0.1) is 0 Å². The van der Waals surface area contributed by atoms with E-state index in [0.29, 0.717) is 23.5 Å². The monoisotopic (exact) mass is 312 g/mol. The van der Waals surface area contributed by atoms with Crippen LogP contribution < -0.4 is 5.56 Å². The summed E-state index contributed by atoms with van der Waals surface area (Å²) in [5.74, 6) is 0. The van der Waals surface area contributed by atoms with Crippen molar-refractivity contribution in [1.29, 1.82) is 5.26 Å². The van der Waals surface area contributed by atoms with Gasteiger partial charge in [-0.3, -0.25) is 9.89 Å². The van der Waals surface area contributed by atoms with Crippen molar-refractivity contribution in [3.05, 3.63) is 45.9 Å². The molecule has 0 fully saturated rings. The van der Waals surface area contributed by atoms with E-state index in [4.69, 9.17) is 5.26 Å². The molecule has 0 aliphatic heterocycles. The third-order valence-electron chi connectivity index (χ3n) is 3.53. The highest BCUT2D eigenvalue weighted by molar-refractivity contribution is 7.20. The molecule has 112 valence electrons. The second-order valence-electron chi connectivity index (χ2n) is 5.08. The first-order valence-electron chi connectivity index (χ1n) is 7.30. The topological polar surface area (TPSA) is 74.5 Å². The number of nitrogens with one attached hydrogen (secondary N) is 1. The van der Waals surface area contributed by atoms with Crippen LogP contribution in [-0.4, -0.2) is 14.8 Å². The molecule has 3 rings (SSSR count). The Morgan fingerprint density at radius 2 is 2.18 bits per heavy atom. The van der Waals surface area contributed by atoms with Gasteiger partial charge in [0.25, 0.3) is 5.56 Å². The Kier molecular flexibility index (Phi) is 4.07. The summed E-state index contributed by atoms with van der Waals surface area (Å²) in [6.07, 6.45) is 2.58. The fourth-order valence-electron chi connectivity index (χ4n) is 2.50. The van der Waals surface area contributed by atoms with Crippen molar-refractivity contribution >= 4 is 21.6 Å². The number of hydrogen-bond donors (Lipinski definition) is 1. The summed E-state index contributed by atoms with van der Waals surface area (Å²) in [6.45, 7) is 2.07. The molecule has 0 aliphatic carbocycles. The number of nitriles is 1. The maximum Gasteiger partial charge on any atom is 0.276 e. The summed E-state index contributed by atoms with van der Waals surface area (Å²) in [7, 11) is 0. The van der Waals surface area contributed by atoms with Gasteiger partial charge in [-0.05, 0) is 25.0 Å². The quantitative estimate of drug-likeness (QED) is 0.786. The first kappa shape index (κ1) is 14.5. The zero-order valence-corrected chi connectivity index (χ0v) is 13.1. The van der Waals surface area contributed by atoms with Gasteiger partial charge in [-0.25, -0.2) is 4.98 Å². The molecule has 1 N–H and O–H groups in total. The van der Waals surface area contributed by atoms with Crippen LogP contribution in [0.3, 0.4) is 0 Å². The van der Waals surface area contributed by atoms with E-state index in [1.165, 1.54) is 16.0 Å². The van der Waals surface area contributed by atoms with Gasteiger partial charge in [0, 0.05) is 17.7 Å². The highest BCUT2D eigenvalue weighted by atomic mass is 32.1. The van der Waals surface area contributed by atoms with Crippen LogP contribution in [0.25, 0.3) is 15.3 Å². The van der Waals surface area contributed by atoms with E-state index in [-0.39, 0.29) is 5.56 Å². The average Bonchev–Trinajstić information content (AvgIpc) is 3.07. The molecule has 0 amide bonds. The van der Waals surface area contributed by atoms with Crippen molar-refractivity contribution in [3.8, 4) is 11.2 Å². The normalized spacial score (nSPS) is 10.9. The second kappa shape index (κ2) is 6.16. The first-order chi connectivity index (χ1) is 10.7. The van der Waals surface area contributed by atoms with E-state index in [2.05, 4.69) is 23.1 Å². The Hall–Kier alpha value is -2.39. The average molecular weight is 312 g/mol. The molecule has 0 aliphatic rings. The Morgan fingerprint density at radius 3 is 2.91 bits per heavy atom. The van der Waals surface area contributed by atoms with Crippen LogP contribution >= 0.6 is 11.3 Å². The number of fused-ring (bicyclic) bond motifs is 1. The minimum Gasteiger partial charge on any atom is -0.293 e. The summed E-state index contributed by atoms with van der Waals surface area (Å²) in [4.78, 5) is 17.2. The predicted molar refractivity (Wildman–Crippen MR) is 87.5 cm³/mol. The molecular weight excluding hydrogens is 296 g/mol. The number of aromatic nitrogens is 3.